The average molecular weight is 450 g/mol. The zero-order valence-electron chi connectivity index (χ0n) is 18.7. The van der Waals surface area contributed by atoms with E-state index in [9.17, 15) is 19.2 Å². The van der Waals surface area contributed by atoms with Crippen molar-refractivity contribution in [3.05, 3.63) is 35.9 Å². The van der Waals surface area contributed by atoms with Crippen LogP contribution in [0.3, 0.4) is 0 Å². The fraction of sp³-hybridized carbons (Fsp3) is 0.545. The summed E-state index contributed by atoms with van der Waals surface area (Å²) in [7, 11) is 0. The van der Waals surface area contributed by atoms with Crippen molar-refractivity contribution in [1.29, 1.82) is 0 Å². The summed E-state index contributed by atoms with van der Waals surface area (Å²) in [5.74, 6) is -1.75. The number of carboxylic acid groups (broad SMARTS) is 1. The molecule has 0 aliphatic carbocycles. The number of hydrogen-bond donors (Lipinski definition) is 2. The van der Waals surface area contributed by atoms with Crippen molar-refractivity contribution in [2.24, 2.45) is 0 Å². The van der Waals surface area contributed by atoms with Crippen molar-refractivity contribution in [3.8, 4) is 0 Å². The van der Waals surface area contributed by atoms with Crippen molar-refractivity contribution in [2.75, 3.05) is 26.2 Å². The van der Waals surface area contributed by atoms with Gasteiger partial charge in [0, 0.05) is 26.2 Å². The summed E-state index contributed by atoms with van der Waals surface area (Å²) >= 11 is 0. The lowest BCUT2D eigenvalue weighted by atomic mass is 10.1. The molecule has 1 aliphatic heterocycles. The Bertz CT molecular complexity index is 807. The number of nitrogens with one attached hydrogen (secondary N) is 1. The Morgan fingerprint density at radius 1 is 1.03 bits per heavy atom. The molecule has 1 aliphatic rings. The molecule has 1 unspecified atom stereocenters. The van der Waals surface area contributed by atoms with Crippen LogP contribution in [0.4, 0.5) is 9.59 Å². The molecule has 0 radical (unpaired) electrons. The van der Waals surface area contributed by atoms with E-state index in [4.69, 9.17) is 14.6 Å². The molecule has 1 heterocycles. The maximum Gasteiger partial charge on any atom is 0.410 e. The summed E-state index contributed by atoms with van der Waals surface area (Å²) in [4.78, 5) is 51.6. The molecule has 1 atom stereocenters. The number of alkyl carbamates (subject to hydrolysis) is 1. The molecule has 1 saturated heterocycles. The topological polar surface area (TPSA) is 125 Å². The Morgan fingerprint density at radius 2 is 1.66 bits per heavy atom. The Hall–Kier alpha value is -3.30. The number of nitrogens with zero attached hydrogens (tertiary/aromatic N) is 2. The quantitative estimate of drug-likeness (QED) is 0.682. The zero-order valence-corrected chi connectivity index (χ0v) is 18.7. The van der Waals surface area contributed by atoms with E-state index in [1.807, 2.05) is 30.3 Å². The van der Waals surface area contributed by atoms with Gasteiger partial charge in [0.25, 0.3) is 0 Å². The third-order valence-electron chi connectivity index (χ3n) is 4.64. The van der Waals surface area contributed by atoms with Crippen LogP contribution in [-0.4, -0.2) is 76.8 Å². The molecule has 0 aromatic heterocycles. The van der Waals surface area contributed by atoms with Crippen LogP contribution in [0.15, 0.2) is 30.3 Å². The smallest absolute Gasteiger partial charge is 0.410 e. The van der Waals surface area contributed by atoms with E-state index in [-0.39, 0.29) is 19.7 Å². The zero-order chi connectivity index (χ0) is 23.7. The minimum absolute atomic E-state index is 0.152. The summed E-state index contributed by atoms with van der Waals surface area (Å²) in [5.41, 5.74) is 0.0848. The molecule has 10 heteroatoms. The molecule has 0 spiro atoms. The molecule has 1 aromatic carbocycles. The molecule has 1 aromatic rings. The number of aliphatic carboxylic acids is 1. The van der Waals surface area contributed by atoms with Crippen molar-refractivity contribution in [2.45, 2.75) is 51.9 Å². The van der Waals surface area contributed by atoms with Crippen molar-refractivity contribution in [1.82, 2.24) is 15.1 Å². The van der Waals surface area contributed by atoms with Gasteiger partial charge < -0.3 is 29.7 Å². The van der Waals surface area contributed by atoms with Gasteiger partial charge in [-0.25, -0.2) is 9.59 Å². The van der Waals surface area contributed by atoms with E-state index in [1.54, 1.807) is 20.8 Å². The average Bonchev–Trinajstić information content (AvgIpc) is 2.96. The second kappa shape index (κ2) is 11.4. The van der Waals surface area contributed by atoms with Crippen LogP contribution >= 0.6 is 0 Å². The Labute approximate surface area is 187 Å². The molecule has 2 rings (SSSR count). The van der Waals surface area contributed by atoms with Gasteiger partial charge in [-0.05, 0) is 32.8 Å². The number of amides is 3. The second-order valence-electron chi connectivity index (χ2n) is 8.50. The maximum absolute atomic E-state index is 12.9. The molecule has 0 bridgehead atoms. The molecule has 1 fully saturated rings. The predicted molar refractivity (Wildman–Crippen MR) is 115 cm³/mol. The second-order valence-corrected chi connectivity index (χ2v) is 8.50. The standard InChI is InChI=1S/C22H31N3O7/c1-22(2,3)32-20(29)23-17(14-18(26)27)19(28)24-10-7-11-25(13-12-24)21(30)31-15-16-8-5-4-6-9-16/h4-6,8-9,17H,7,10-15H2,1-3H3,(H,23,29)(H,26,27). The van der Waals surface area contributed by atoms with Gasteiger partial charge >= 0.3 is 18.2 Å². The third kappa shape index (κ3) is 8.44. The molecule has 176 valence electrons. The Balaban J connectivity index is 1.93. The summed E-state index contributed by atoms with van der Waals surface area (Å²) in [6.45, 7) is 6.33. The maximum atomic E-state index is 12.9. The molecule has 0 saturated carbocycles. The van der Waals surface area contributed by atoms with Gasteiger partial charge in [-0.2, -0.15) is 0 Å². The van der Waals surface area contributed by atoms with Crippen LogP contribution in [0.25, 0.3) is 0 Å². The van der Waals surface area contributed by atoms with Crippen LogP contribution < -0.4 is 5.32 Å². The fourth-order valence-electron chi connectivity index (χ4n) is 3.18. The lowest BCUT2D eigenvalue weighted by molar-refractivity contribution is -0.142. The first kappa shape index (κ1) is 25.0. The molecule has 10 nitrogen and oxygen atoms in total. The molecular weight excluding hydrogens is 418 g/mol. The minimum Gasteiger partial charge on any atom is -0.481 e. The number of ether oxygens (including phenoxy) is 2. The fourth-order valence-corrected chi connectivity index (χ4v) is 3.18. The number of carbonyl (C=O) groups excluding carboxylic acids is 3. The lowest BCUT2D eigenvalue weighted by Gasteiger charge is -2.27. The number of benzene rings is 1. The van der Waals surface area contributed by atoms with Gasteiger partial charge in [0.15, 0.2) is 0 Å². The molecule has 2 N–H and O–H groups in total. The third-order valence-corrected chi connectivity index (χ3v) is 4.64. The predicted octanol–water partition coefficient (Wildman–Crippen LogP) is 2.23. The van der Waals surface area contributed by atoms with E-state index in [0.29, 0.717) is 19.5 Å². The van der Waals surface area contributed by atoms with Crippen LogP contribution in [0.2, 0.25) is 0 Å². The van der Waals surface area contributed by atoms with Crippen LogP contribution in [0, 0.1) is 0 Å². The van der Waals surface area contributed by atoms with E-state index in [1.165, 1.54) is 9.80 Å². The number of rotatable bonds is 6. The van der Waals surface area contributed by atoms with E-state index < -0.39 is 42.1 Å². The summed E-state index contributed by atoms with van der Waals surface area (Å²) in [6, 6.07) is 8.04. The minimum atomic E-state index is -1.26. The van der Waals surface area contributed by atoms with Crippen molar-refractivity contribution >= 4 is 24.1 Å². The summed E-state index contributed by atoms with van der Waals surface area (Å²) in [6.07, 6.45) is -1.41. The normalized spacial score (nSPS) is 15.3. The lowest BCUT2D eigenvalue weighted by Crippen LogP contribution is -2.51. The van der Waals surface area contributed by atoms with Gasteiger partial charge in [0.2, 0.25) is 5.91 Å². The highest BCUT2D eigenvalue weighted by Gasteiger charge is 2.31. The van der Waals surface area contributed by atoms with Gasteiger partial charge in [-0.1, -0.05) is 30.3 Å². The first-order chi connectivity index (χ1) is 15.0. The van der Waals surface area contributed by atoms with Crippen LogP contribution in [0.1, 0.15) is 39.2 Å². The summed E-state index contributed by atoms with van der Waals surface area (Å²) in [5, 5.41) is 11.5. The van der Waals surface area contributed by atoms with E-state index in [0.717, 1.165) is 5.56 Å². The Kier molecular flexibility index (Phi) is 8.86. The number of carbonyl (C=O) groups is 4. The molecule has 32 heavy (non-hydrogen) atoms. The van der Waals surface area contributed by atoms with Gasteiger partial charge in [-0.15, -0.1) is 0 Å². The SMILES string of the molecule is CC(C)(C)OC(=O)NC(CC(=O)O)C(=O)N1CCCN(C(=O)OCc2ccccc2)CC1. The summed E-state index contributed by atoms with van der Waals surface area (Å²) < 4.78 is 10.5. The van der Waals surface area contributed by atoms with Gasteiger partial charge in [0.05, 0.1) is 6.42 Å². The van der Waals surface area contributed by atoms with Crippen molar-refractivity contribution < 1.29 is 33.8 Å². The highest BCUT2D eigenvalue weighted by Crippen LogP contribution is 2.11. The molecule has 3 amide bonds. The largest absolute Gasteiger partial charge is 0.481 e. The van der Waals surface area contributed by atoms with E-state index >= 15 is 0 Å². The first-order valence-corrected chi connectivity index (χ1v) is 10.5. The first-order valence-electron chi connectivity index (χ1n) is 10.5. The van der Waals surface area contributed by atoms with Gasteiger partial charge in [0.1, 0.15) is 18.2 Å². The monoisotopic (exact) mass is 449 g/mol. The highest BCUT2D eigenvalue weighted by molar-refractivity contribution is 5.89. The number of carboxylic acids is 1. The van der Waals surface area contributed by atoms with Crippen LogP contribution in [0.5, 0.6) is 0 Å². The highest BCUT2D eigenvalue weighted by atomic mass is 16.6. The van der Waals surface area contributed by atoms with E-state index in [2.05, 4.69) is 5.32 Å². The molecular formula is C22H31N3O7. The van der Waals surface area contributed by atoms with Crippen LogP contribution in [-0.2, 0) is 25.7 Å². The van der Waals surface area contributed by atoms with Crippen molar-refractivity contribution in [3.63, 3.8) is 0 Å². The Morgan fingerprint density at radius 3 is 2.28 bits per heavy atom. The number of hydrogen-bond acceptors (Lipinski definition) is 6. The van der Waals surface area contributed by atoms with Gasteiger partial charge in [-0.3, -0.25) is 9.59 Å².